The number of amides is 1. The Balaban J connectivity index is 1.33. The topological polar surface area (TPSA) is 59.9 Å². The first-order valence-electron chi connectivity index (χ1n) is 11.6. The fourth-order valence-corrected chi connectivity index (χ4v) is 3.30. The Kier molecular flexibility index (Phi) is 10.0. The zero-order chi connectivity index (χ0) is 23.1. The van der Waals surface area contributed by atoms with Crippen LogP contribution in [0.1, 0.15) is 54.1 Å². The van der Waals surface area contributed by atoms with Crippen LogP contribution >= 0.6 is 0 Å². The van der Waals surface area contributed by atoms with Crippen molar-refractivity contribution < 1.29 is 14.3 Å². The van der Waals surface area contributed by atoms with Crippen LogP contribution in [0, 0.1) is 0 Å². The smallest absolute Gasteiger partial charge is 0.271 e. The third-order valence-corrected chi connectivity index (χ3v) is 5.16. The molecule has 33 heavy (non-hydrogen) atoms. The minimum Gasteiger partial charge on any atom is -0.490 e. The van der Waals surface area contributed by atoms with Gasteiger partial charge < -0.3 is 9.47 Å². The van der Waals surface area contributed by atoms with Gasteiger partial charge in [-0.15, -0.1) is 0 Å². The Labute approximate surface area is 196 Å². The number of unbranched alkanes of at least 4 members (excludes halogenated alkanes) is 3. The standard InChI is InChI=1S/C28H32N2O3/c1-2-3-4-6-9-23-12-16-26(17-13-23)32-20-21-33-27-18-14-24(15-19-27)22-29-30-28(31)25-10-7-5-8-11-25/h5,7-8,10-19,22H,2-4,6,9,20-21H2,1H3,(H,30,31)/b29-22-. The van der Waals surface area contributed by atoms with Gasteiger partial charge in [-0.2, -0.15) is 5.10 Å². The molecule has 172 valence electrons. The quantitative estimate of drug-likeness (QED) is 0.199. The largest absolute Gasteiger partial charge is 0.490 e. The number of benzene rings is 3. The van der Waals surface area contributed by atoms with Crippen LogP contribution in [0.15, 0.2) is 84.0 Å². The molecule has 0 heterocycles. The molecular weight excluding hydrogens is 412 g/mol. The van der Waals surface area contributed by atoms with Crippen molar-refractivity contribution in [1.82, 2.24) is 5.43 Å². The van der Waals surface area contributed by atoms with Gasteiger partial charge in [0.25, 0.3) is 5.91 Å². The van der Waals surface area contributed by atoms with E-state index in [4.69, 9.17) is 9.47 Å². The summed E-state index contributed by atoms with van der Waals surface area (Å²) in [7, 11) is 0. The summed E-state index contributed by atoms with van der Waals surface area (Å²) in [5.41, 5.74) is 5.31. The summed E-state index contributed by atoms with van der Waals surface area (Å²) in [6.45, 7) is 3.17. The lowest BCUT2D eigenvalue weighted by atomic mass is 10.1. The Bertz CT molecular complexity index is 984. The van der Waals surface area contributed by atoms with E-state index in [2.05, 4.69) is 29.6 Å². The summed E-state index contributed by atoms with van der Waals surface area (Å²) < 4.78 is 11.5. The molecule has 0 saturated heterocycles. The second-order valence-electron chi connectivity index (χ2n) is 7.79. The summed E-state index contributed by atoms with van der Waals surface area (Å²) in [5, 5.41) is 4.00. The van der Waals surface area contributed by atoms with E-state index < -0.39 is 0 Å². The van der Waals surface area contributed by atoms with Crippen molar-refractivity contribution in [3.05, 3.63) is 95.6 Å². The van der Waals surface area contributed by atoms with Crippen LogP contribution in [0.2, 0.25) is 0 Å². The van der Waals surface area contributed by atoms with Crippen LogP contribution in [-0.2, 0) is 6.42 Å². The maximum absolute atomic E-state index is 12.0. The van der Waals surface area contributed by atoms with E-state index in [0.717, 1.165) is 23.5 Å². The van der Waals surface area contributed by atoms with E-state index in [9.17, 15) is 4.79 Å². The maximum Gasteiger partial charge on any atom is 0.271 e. The van der Waals surface area contributed by atoms with Gasteiger partial charge in [0.1, 0.15) is 24.7 Å². The lowest BCUT2D eigenvalue weighted by Gasteiger charge is -2.09. The molecule has 0 radical (unpaired) electrons. The second kappa shape index (κ2) is 13.7. The average Bonchev–Trinajstić information content (AvgIpc) is 2.86. The van der Waals surface area contributed by atoms with Crippen LogP contribution < -0.4 is 14.9 Å². The van der Waals surface area contributed by atoms with Crippen LogP contribution in [0.25, 0.3) is 0 Å². The van der Waals surface area contributed by atoms with Crippen molar-refractivity contribution in [3.63, 3.8) is 0 Å². The van der Waals surface area contributed by atoms with Crippen molar-refractivity contribution >= 4 is 12.1 Å². The highest BCUT2D eigenvalue weighted by atomic mass is 16.5. The fourth-order valence-electron chi connectivity index (χ4n) is 3.30. The van der Waals surface area contributed by atoms with E-state index >= 15 is 0 Å². The van der Waals surface area contributed by atoms with E-state index in [1.165, 1.54) is 31.2 Å². The van der Waals surface area contributed by atoms with Crippen molar-refractivity contribution in [2.24, 2.45) is 5.10 Å². The molecular formula is C28H32N2O3. The monoisotopic (exact) mass is 444 g/mol. The highest BCUT2D eigenvalue weighted by molar-refractivity contribution is 5.94. The third-order valence-electron chi connectivity index (χ3n) is 5.16. The number of nitrogens with one attached hydrogen (secondary N) is 1. The van der Waals surface area contributed by atoms with Gasteiger partial charge in [-0.1, -0.05) is 56.5 Å². The molecule has 3 aromatic carbocycles. The van der Waals surface area contributed by atoms with Crippen LogP contribution in [0.4, 0.5) is 0 Å². The molecule has 3 aromatic rings. The first-order chi connectivity index (χ1) is 16.2. The van der Waals surface area contributed by atoms with Gasteiger partial charge >= 0.3 is 0 Å². The van der Waals surface area contributed by atoms with Crippen molar-refractivity contribution in [1.29, 1.82) is 0 Å². The number of carbonyl (C=O) groups is 1. The molecule has 5 nitrogen and oxygen atoms in total. The molecule has 1 N–H and O–H groups in total. The number of aryl methyl sites for hydroxylation is 1. The average molecular weight is 445 g/mol. The van der Waals surface area contributed by atoms with Gasteiger partial charge in [-0.05, 0) is 72.5 Å². The van der Waals surface area contributed by atoms with Gasteiger partial charge in [0.15, 0.2) is 0 Å². The van der Waals surface area contributed by atoms with Crippen molar-refractivity contribution in [3.8, 4) is 11.5 Å². The van der Waals surface area contributed by atoms with Crippen LogP contribution in [0.5, 0.6) is 11.5 Å². The molecule has 1 amide bonds. The summed E-state index contributed by atoms with van der Waals surface area (Å²) in [4.78, 5) is 12.0. The lowest BCUT2D eigenvalue weighted by molar-refractivity contribution is 0.0955. The Hall–Kier alpha value is -3.60. The van der Waals surface area contributed by atoms with E-state index in [-0.39, 0.29) is 5.91 Å². The number of hydrogen-bond acceptors (Lipinski definition) is 4. The Morgan fingerprint density at radius 2 is 1.45 bits per heavy atom. The predicted molar refractivity (Wildman–Crippen MR) is 133 cm³/mol. The number of hydrazone groups is 1. The van der Waals surface area contributed by atoms with E-state index in [1.807, 2.05) is 54.6 Å². The van der Waals surface area contributed by atoms with E-state index in [1.54, 1.807) is 18.3 Å². The predicted octanol–water partition coefficient (Wildman–Crippen LogP) is 6.03. The number of hydrogen-bond donors (Lipinski definition) is 1. The molecule has 0 fully saturated rings. The third kappa shape index (κ3) is 8.81. The van der Waals surface area contributed by atoms with Gasteiger partial charge in [-0.3, -0.25) is 4.79 Å². The van der Waals surface area contributed by atoms with Crippen LogP contribution in [-0.4, -0.2) is 25.3 Å². The van der Waals surface area contributed by atoms with Gasteiger partial charge in [0, 0.05) is 5.56 Å². The molecule has 0 bridgehead atoms. The molecule has 0 spiro atoms. The fraction of sp³-hybridized carbons (Fsp3) is 0.286. The second-order valence-corrected chi connectivity index (χ2v) is 7.79. The summed E-state index contributed by atoms with van der Waals surface area (Å²) >= 11 is 0. The minimum atomic E-state index is -0.242. The molecule has 5 heteroatoms. The Morgan fingerprint density at radius 1 is 0.818 bits per heavy atom. The summed E-state index contributed by atoms with van der Waals surface area (Å²) in [5.74, 6) is 1.37. The number of ether oxygens (including phenoxy) is 2. The lowest BCUT2D eigenvalue weighted by Crippen LogP contribution is -2.17. The molecule has 3 rings (SSSR count). The van der Waals surface area contributed by atoms with E-state index in [0.29, 0.717) is 18.8 Å². The number of carbonyl (C=O) groups excluding carboxylic acids is 1. The summed E-state index contributed by atoms with van der Waals surface area (Å²) in [6, 6.07) is 24.8. The van der Waals surface area contributed by atoms with Gasteiger partial charge in [0.2, 0.25) is 0 Å². The van der Waals surface area contributed by atoms with Crippen molar-refractivity contribution in [2.75, 3.05) is 13.2 Å². The molecule has 0 aliphatic heterocycles. The highest BCUT2D eigenvalue weighted by Crippen LogP contribution is 2.15. The maximum atomic E-state index is 12.0. The first kappa shape index (κ1) is 24.1. The minimum absolute atomic E-state index is 0.242. The van der Waals surface area contributed by atoms with Gasteiger partial charge in [-0.25, -0.2) is 5.43 Å². The molecule has 0 aliphatic carbocycles. The van der Waals surface area contributed by atoms with Crippen molar-refractivity contribution in [2.45, 2.75) is 39.0 Å². The first-order valence-corrected chi connectivity index (χ1v) is 11.6. The number of nitrogens with zero attached hydrogens (tertiary/aromatic N) is 1. The highest BCUT2D eigenvalue weighted by Gasteiger charge is 2.02. The molecule has 0 saturated carbocycles. The summed E-state index contributed by atoms with van der Waals surface area (Å²) in [6.07, 6.45) is 7.84. The van der Waals surface area contributed by atoms with Gasteiger partial charge in [0.05, 0.1) is 6.21 Å². The zero-order valence-corrected chi connectivity index (χ0v) is 19.2. The normalized spacial score (nSPS) is 10.8. The molecule has 0 atom stereocenters. The number of rotatable bonds is 13. The Morgan fingerprint density at radius 3 is 2.09 bits per heavy atom. The molecule has 0 unspecified atom stereocenters. The SMILES string of the molecule is CCCCCCc1ccc(OCCOc2ccc(/C=N\NC(=O)c3ccccc3)cc2)cc1. The molecule has 0 aliphatic rings. The zero-order valence-electron chi connectivity index (χ0n) is 19.2. The van der Waals surface area contributed by atoms with Crippen LogP contribution in [0.3, 0.4) is 0 Å². The molecule has 0 aromatic heterocycles.